The highest BCUT2D eigenvalue weighted by Crippen LogP contribution is 2.16. The maximum Gasteiger partial charge on any atom is 0.106 e. The molecule has 0 saturated carbocycles. The van der Waals surface area contributed by atoms with Crippen LogP contribution in [0.1, 0.15) is 17.9 Å². The molecule has 4 nitrogen and oxygen atoms in total. The van der Waals surface area contributed by atoms with E-state index in [4.69, 9.17) is 0 Å². The summed E-state index contributed by atoms with van der Waals surface area (Å²) in [5.41, 5.74) is 3.43. The fourth-order valence-electron chi connectivity index (χ4n) is 2.12. The molecule has 0 fully saturated rings. The molecule has 96 valence electrons. The number of hydrogen-bond acceptors (Lipinski definition) is 2. The molecule has 0 unspecified atom stereocenters. The normalized spacial score (nSPS) is 10.7. The third-order valence-corrected chi connectivity index (χ3v) is 3.13. The van der Waals surface area contributed by atoms with Crippen LogP contribution in [0.4, 0.5) is 0 Å². The SMILES string of the molecule is c1ccc(-c2cnc(CCCc3cnc[nH]3)[nH]2)cc1. The van der Waals surface area contributed by atoms with E-state index in [1.807, 2.05) is 30.6 Å². The van der Waals surface area contributed by atoms with Crippen molar-refractivity contribution < 1.29 is 0 Å². The maximum atomic E-state index is 4.43. The fourth-order valence-corrected chi connectivity index (χ4v) is 2.12. The summed E-state index contributed by atoms with van der Waals surface area (Å²) in [5.74, 6) is 1.04. The molecule has 3 rings (SSSR count). The van der Waals surface area contributed by atoms with E-state index in [1.54, 1.807) is 6.33 Å². The highest BCUT2D eigenvalue weighted by Gasteiger charge is 2.03. The Labute approximate surface area is 111 Å². The van der Waals surface area contributed by atoms with E-state index in [9.17, 15) is 0 Å². The zero-order valence-corrected chi connectivity index (χ0v) is 10.6. The van der Waals surface area contributed by atoms with Gasteiger partial charge in [-0.3, -0.25) is 0 Å². The van der Waals surface area contributed by atoms with Crippen molar-refractivity contribution in [3.8, 4) is 11.3 Å². The topological polar surface area (TPSA) is 57.4 Å². The zero-order valence-electron chi connectivity index (χ0n) is 10.6. The van der Waals surface area contributed by atoms with Crippen LogP contribution >= 0.6 is 0 Å². The molecule has 1 aromatic carbocycles. The zero-order chi connectivity index (χ0) is 12.9. The number of rotatable bonds is 5. The summed E-state index contributed by atoms with van der Waals surface area (Å²) in [6.45, 7) is 0. The first-order chi connectivity index (χ1) is 9.42. The van der Waals surface area contributed by atoms with Crippen LogP contribution in [-0.2, 0) is 12.8 Å². The number of benzene rings is 1. The first-order valence-electron chi connectivity index (χ1n) is 6.48. The van der Waals surface area contributed by atoms with Gasteiger partial charge in [0.05, 0.1) is 18.2 Å². The summed E-state index contributed by atoms with van der Waals surface area (Å²) in [7, 11) is 0. The molecule has 0 aliphatic heterocycles. The van der Waals surface area contributed by atoms with Gasteiger partial charge in [-0.15, -0.1) is 0 Å². The summed E-state index contributed by atoms with van der Waals surface area (Å²) in [5, 5.41) is 0. The maximum absolute atomic E-state index is 4.43. The average molecular weight is 252 g/mol. The number of imidazole rings is 2. The molecular weight excluding hydrogens is 236 g/mol. The van der Waals surface area contributed by atoms with Crippen LogP contribution in [0.15, 0.2) is 49.1 Å². The second-order valence-corrected chi connectivity index (χ2v) is 4.54. The van der Waals surface area contributed by atoms with Crippen LogP contribution in [0, 0.1) is 0 Å². The molecule has 2 N–H and O–H groups in total. The summed E-state index contributed by atoms with van der Waals surface area (Å²) < 4.78 is 0. The number of aromatic nitrogens is 4. The lowest BCUT2D eigenvalue weighted by Crippen LogP contribution is -1.92. The van der Waals surface area contributed by atoms with Crippen molar-refractivity contribution in [2.75, 3.05) is 0 Å². The minimum Gasteiger partial charge on any atom is -0.348 e. The monoisotopic (exact) mass is 252 g/mol. The van der Waals surface area contributed by atoms with Crippen molar-refractivity contribution in [3.63, 3.8) is 0 Å². The number of hydrogen-bond donors (Lipinski definition) is 2. The number of nitrogens with one attached hydrogen (secondary N) is 2. The van der Waals surface area contributed by atoms with E-state index in [0.717, 1.165) is 30.8 Å². The van der Waals surface area contributed by atoms with Crippen LogP contribution in [0.5, 0.6) is 0 Å². The Hall–Kier alpha value is -2.36. The largest absolute Gasteiger partial charge is 0.348 e. The molecule has 2 heterocycles. The Morgan fingerprint density at radius 3 is 2.68 bits per heavy atom. The highest BCUT2D eigenvalue weighted by molar-refractivity contribution is 5.57. The molecule has 0 atom stereocenters. The van der Waals surface area contributed by atoms with Gasteiger partial charge in [-0.25, -0.2) is 9.97 Å². The van der Waals surface area contributed by atoms with Crippen molar-refractivity contribution >= 4 is 0 Å². The minimum absolute atomic E-state index is 0.950. The Morgan fingerprint density at radius 2 is 1.89 bits per heavy atom. The lowest BCUT2D eigenvalue weighted by molar-refractivity contribution is 0.771. The first kappa shape index (κ1) is 11.7. The van der Waals surface area contributed by atoms with E-state index in [0.29, 0.717) is 0 Å². The van der Waals surface area contributed by atoms with Gasteiger partial charge in [0.15, 0.2) is 0 Å². The van der Waals surface area contributed by atoms with Crippen molar-refractivity contribution in [3.05, 3.63) is 60.6 Å². The molecule has 0 aliphatic rings. The summed E-state index contributed by atoms with van der Waals surface area (Å²) in [6, 6.07) is 10.3. The highest BCUT2D eigenvalue weighted by atomic mass is 14.9. The Morgan fingerprint density at radius 1 is 1.00 bits per heavy atom. The second-order valence-electron chi connectivity index (χ2n) is 4.54. The molecule has 0 radical (unpaired) electrons. The fraction of sp³-hybridized carbons (Fsp3) is 0.200. The second kappa shape index (κ2) is 5.52. The molecule has 3 aromatic rings. The average Bonchev–Trinajstić information content (AvgIpc) is 3.11. The van der Waals surface area contributed by atoms with Gasteiger partial charge >= 0.3 is 0 Å². The Kier molecular flexibility index (Phi) is 3.40. The van der Waals surface area contributed by atoms with Gasteiger partial charge in [0, 0.05) is 18.3 Å². The van der Waals surface area contributed by atoms with Gasteiger partial charge < -0.3 is 9.97 Å². The number of H-pyrrole nitrogens is 2. The molecule has 0 saturated heterocycles. The van der Waals surface area contributed by atoms with Gasteiger partial charge in [-0.05, 0) is 18.4 Å². The molecular formula is C15H16N4. The van der Waals surface area contributed by atoms with E-state index in [1.165, 1.54) is 11.3 Å². The molecule has 0 bridgehead atoms. The van der Waals surface area contributed by atoms with Gasteiger partial charge in [-0.1, -0.05) is 30.3 Å². The van der Waals surface area contributed by atoms with Crippen molar-refractivity contribution in [2.45, 2.75) is 19.3 Å². The van der Waals surface area contributed by atoms with Crippen LogP contribution < -0.4 is 0 Å². The number of nitrogens with zero attached hydrogens (tertiary/aromatic N) is 2. The summed E-state index contributed by atoms with van der Waals surface area (Å²) >= 11 is 0. The van der Waals surface area contributed by atoms with Crippen molar-refractivity contribution in [1.29, 1.82) is 0 Å². The third kappa shape index (κ3) is 2.91. The van der Waals surface area contributed by atoms with Crippen LogP contribution in [0.3, 0.4) is 0 Å². The summed E-state index contributed by atoms with van der Waals surface area (Å²) in [4.78, 5) is 14.9. The van der Waals surface area contributed by atoms with Crippen LogP contribution in [-0.4, -0.2) is 19.9 Å². The smallest absolute Gasteiger partial charge is 0.106 e. The molecule has 0 spiro atoms. The number of aryl methyl sites for hydroxylation is 2. The molecule has 4 heteroatoms. The number of aromatic amines is 2. The molecule has 0 amide bonds. The van der Waals surface area contributed by atoms with E-state index in [2.05, 4.69) is 32.1 Å². The van der Waals surface area contributed by atoms with Crippen LogP contribution in [0.25, 0.3) is 11.3 Å². The van der Waals surface area contributed by atoms with E-state index < -0.39 is 0 Å². The van der Waals surface area contributed by atoms with Crippen molar-refractivity contribution in [1.82, 2.24) is 19.9 Å². The Balaban J connectivity index is 1.59. The lowest BCUT2D eigenvalue weighted by atomic mass is 10.2. The molecule has 19 heavy (non-hydrogen) atoms. The third-order valence-electron chi connectivity index (χ3n) is 3.13. The Bertz CT molecular complexity index is 611. The quantitative estimate of drug-likeness (QED) is 0.733. The van der Waals surface area contributed by atoms with Crippen molar-refractivity contribution in [2.24, 2.45) is 0 Å². The minimum atomic E-state index is 0.950. The van der Waals surface area contributed by atoms with Gasteiger partial charge in [0.25, 0.3) is 0 Å². The van der Waals surface area contributed by atoms with E-state index in [-0.39, 0.29) is 0 Å². The van der Waals surface area contributed by atoms with Gasteiger partial charge in [0.2, 0.25) is 0 Å². The van der Waals surface area contributed by atoms with Crippen LogP contribution in [0.2, 0.25) is 0 Å². The van der Waals surface area contributed by atoms with Gasteiger partial charge in [0.1, 0.15) is 5.82 Å². The van der Waals surface area contributed by atoms with E-state index >= 15 is 0 Å². The summed E-state index contributed by atoms with van der Waals surface area (Å²) in [6.07, 6.45) is 8.51. The lowest BCUT2D eigenvalue weighted by Gasteiger charge is -1.97. The predicted octanol–water partition coefficient (Wildman–Crippen LogP) is 2.98. The molecule has 2 aromatic heterocycles. The predicted molar refractivity (Wildman–Crippen MR) is 74.6 cm³/mol. The molecule has 0 aliphatic carbocycles. The first-order valence-corrected chi connectivity index (χ1v) is 6.48. The van der Waals surface area contributed by atoms with Gasteiger partial charge in [-0.2, -0.15) is 0 Å². The standard InChI is InChI=1S/C15H16N4/c1-2-5-12(6-3-1)14-10-17-15(19-14)8-4-7-13-9-16-11-18-13/h1-3,5-6,9-11H,4,7-8H2,(H,16,18)(H,17,19).